The van der Waals surface area contributed by atoms with Crippen molar-refractivity contribution in [3.8, 4) is 16.3 Å². The van der Waals surface area contributed by atoms with Gasteiger partial charge in [-0.05, 0) is 25.0 Å². The van der Waals surface area contributed by atoms with Crippen LogP contribution in [0.5, 0.6) is 5.75 Å². The molecule has 94 valence electrons. The van der Waals surface area contributed by atoms with Gasteiger partial charge in [0.15, 0.2) is 0 Å². The van der Waals surface area contributed by atoms with Gasteiger partial charge in [0.05, 0.1) is 12.8 Å². The molecule has 0 bridgehead atoms. The summed E-state index contributed by atoms with van der Waals surface area (Å²) >= 11 is 6.17. The van der Waals surface area contributed by atoms with E-state index in [2.05, 4.69) is 18.7 Å². The molecule has 0 saturated heterocycles. The van der Waals surface area contributed by atoms with Crippen molar-refractivity contribution in [2.75, 3.05) is 7.11 Å². The molecule has 0 aliphatic heterocycles. The lowest BCUT2D eigenvalue weighted by atomic mass is 10.2. The van der Waals surface area contributed by atoms with Gasteiger partial charge in [-0.3, -0.25) is 0 Å². The molecule has 4 heteroatoms. The van der Waals surface area contributed by atoms with Crippen LogP contribution in [0, 0.1) is 0 Å². The lowest BCUT2D eigenvalue weighted by Crippen LogP contribution is -1.85. The molecular weight excluding hydrogens is 262 g/mol. The minimum atomic E-state index is 0.683. The van der Waals surface area contributed by atoms with E-state index < -0.39 is 0 Å². The molecule has 0 unspecified atom stereocenters. The molecule has 0 radical (unpaired) electrons. The Balaban J connectivity index is 2.00. The molecule has 18 heavy (non-hydrogen) atoms. The average molecular weight is 277 g/mol. The molecule has 1 aromatic heterocycles. The zero-order valence-corrected chi connectivity index (χ0v) is 11.9. The van der Waals surface area contributed by atoms with Gasteiger partial charge in [0.25, 0.3) is 0 Å². The maximum atomic E-state index is 5.26. The molecule has 0 amide bonds. The normalized spacial score (nSPS) is 14.8. The lowest BCUT2D eigenvalue weighted by Gasteiger charge is -2.01. The molecule has 3 rings (SSSR count). The van der Waals surface area contributed by atoms with Gasteiger partial charge < -0.3 is 4.74 Å². The molecule has 1 fully saturated rings. The fourth-order valence-electron chi connectivity index (χ4n) is 2.03. The maximum absolute atomic E-state index is 5.26. The summed E-state index contributed by atoms with van der Waals surface area (Å²) in [6, 6.07) is 8.09. The van der Waals surface area contributed by atoms with Crippen LogP contribution in [0.15, 0.2) is 24.3 Å². The van der Waals surface area contributed by atoms with Crippen LogP contribution in [0.3, 0.4) is 0 Å². The van der Waals surface area contributed by atoms with Crippen molar-refractivity contribution < 1.29 is 4.74 Å². The molecule has 0 N–H and O–H groups in total. The van der Waals surface area contributed by atoms with Crippen molar-refractivity contribution in [1.82, 2.24) is 4.98 Å². The summed E-state index contributed by atoms with van der Waals surface area (Å²) in [6.45, 7) is 0. The zero-order chi connectivity index (χ0) is 12.5. The number of methoxy groups -OCH3 is 1. The molecule has 1 aliphatic rings. The van der Waals surface area contributed by atoms with Crippen LogP contribution in [0.1, 0.15) is 29.3 Å². The Morgan fingerprint density at radius 2 is 2.28 bits per heavy atom. The van der Waals surface area contributed by atoms with Gasteiger partial charge in [0, 0.05) is 22.1 Å². The summed E-state index contributed by atoms with van der Waals surface area (Å²) in [5, 5.41) is 1.08. The predicted molar refractivity (Wildman–Crippen MR) is 78.8 cm³/mol. The highest BCUT2D eigenvalue weighted by molar-refractivity contribution is 7.79. The van der Waals surface area contributed by atoms with Gasteiger partial charge in [-0.25, -0.2) is 4.98 Å². The molecule has 2 nitrogen and oxygen atoms in total. The maximum Gasteiger partial charge on any atom is 0.124 e. The number of rotatable bonds is 4. The van der Waals surface area contributed by atoms with Gasteiger partial charge in [-0.15, -0.1) is 11.3 Å². The minimum Gasteiger partial charge on any atom is -0.497 e. The van der Waals surface area contributed by atoms with E-state index in [9.17, 15) is 0 Å². The Morgan fingerprint density at radius 1 is 1.44 bits per heavy atom. The molecule has 2 aromatic rings. The third-order valence-electron chi connectivity index (χ3n) is 3.15. The number of benzene rings is 1. The zero-order valence-electron chi connectivity index (χ0n) is 10.2. The van der Waals surface area contributed by atoms with E-state index in [1.807, 2.05) is 18.2 Å². The van der Waals surface area contributed by atoms with Gasteiger partial charge in [-0.2, -0.15) is 12.6 Å². The highest BCUT2D eigenvalue weighted by Gasteiger charge is 2.29. The summed E-state index contributed by atoms with van der Waals surface area (Å²) < 4.78 is 5.26. The second-order valence-corrected chi connectivity index (χ2v) is 5.89. The van der Waals surface area contributed by atoms with E-state index in [1.165, 1.54) is 23.4 Å². The lowest BCUT2D eigenvalue weighted by molar-refractivity contribution is 0.415. The molecule has 1 heterocycles. The Hall–Kier alpha value is -1.000. The molecule has 0 spiro atoms. The van der Waals surface area contributed by atoms with Gasteiger partial charge in [0.1, 0.15) is 10.8 Å². The Bertz CT molecular complexity index is 561. The second-order valence-electron chi connectivity index (χ2n) is 4.49. The third-order valence-corrected chi connectivity index (χ3v) is 4.80. The highest BCUT2D eigenvalue weighted by Crippen LogP contribution is 2.44. The SMILES string of the molecule is COc1cccc(-c2nc(C3CC3)c(CS)s2)c1. The smallest absolute Gasteiger partial charge is 0.124 e. The first kappa shape index (κ1) is 12.1. The second kappa shape index (κ2) is 4.94. The Labute approximate surface area is 116 Å². The van der Waals surface area contributed by atoms with Crippen molar-refractivity contribution in [3.05, 3.63) is 34.8 Å². The number of hydrogen-bond donors (Lipinski definition) is 1. The molecule has 1 aliphatic carbocycles. The van der Waals surface area contributed by atoms with E-state index in [-0.39, 0.29) is 0 Å². The van der Waals surface area contributed by atoms with Gasteiger partial charge in [0.2, 0.25) is 0 Å². The molecule has 1 saturated carbocycles. The summed E-state index contributed by atoms with van der Waals surface area (Å²) in [7, 11) is 1.69. The van der Waals surface area contributed by atoms with E-state index in [1.54, 1.807) is 18.4 Å². The fraction of sp³-hybridized carbons (Fsp3) is 0.357. The van der Waals surface area contributed by atoms with E-state index in [0.717, 1.165) is 22.1 Å². The van der Waals surface area contributed by atoms with Crippen LogP contribution in [0.4, 0.5) is 0 Å². The summed E-state index contributed by atoms with van der Waals surface area (Å²) in [6.07, 6.45) is 2.56. The van der Waals surface area contributed by atoms with E-state index in [0.29, 0.717) is 5.92 Å². The highest BCUT2D eigenvalue weighted by atomic mass is 32.1. The number of thiazole rings is 1. The third kappa shape index (κ3) is 2.27. The fourth-order valence-corrected chi connectivity index (χ4v) is 3.39. The number of nitrogens with zero attached hydrogens (tertiary/aromatic N) is 1. The van der Waals surface area contributed by atoms with Crippen LogP contribution in [-0.2, 0) is 5.75 Å². The first-order chi connectivity index (χ1) is 8.81. The van der Waals surface area contributed by atoms with Crippen LogP contribution < -0.4 is 4.74 Å². The van der Waals surface area contributed by atoms with Crippen molar-refractivity contribution in [3.63, 3.8) is 0 Å². The first-order valence-electron chi connectivity index (χ1n) is 6.06. The number of thiol groups is 1. The predicted octanol–water partition coefficient (Wildman–Crippen LogP) is 4.13. The number of aromatic nitrogens is 1. The number of hydrogen-bond acceptors (Lipinski definition) is 4. The van der Waals surface area contributed by atoms with Crippen LogP contribution in [0.25, 0.3) is 10.6 Å². The van der Waals surface area contributed by atoms with Crippen LogP contribution in [-0.4, -0.2) is 12.1 Å². The van der Waals surface area contributed by atoms with Gasteiger partial charge in [-0.1, -0.05) is 12.1 Å². The van der Waals surface area contributed by atoms with Gasteiger partial charge >= 0.3 is 0 Å². The summed E-state index contributed by atoms with van der Waals surface area (Å²) in [4.78, 5) is 6.12. The van der Waals surface area contributed by atoms with E-state index >= 15 is 0 Å². The Morgan fingerprint density at radius 3 is 2.94 bits per heavy atom. The summed E-state index contributed by atoms with van der Waals surface area (Å²) in [5.41, 5.74) is 2.40. The largest absolute Gasteiger partial charge is 0.497 e. The molecular formula is C14H15NOS2. The topological polar surface area (TPSA) is 22.1 Å². The van der Waals surface area contributed by atoms with Crippen molar-refractivity contribution in [2.45, 2.75) is 24.5 Å². The number of ether oxygens (including phenoxy) is 1. The van der Waals surface area contributed by atoms with Crippen molar-refractivity contribution in [1.29, 1.82) is 0 Å². The van der Waals surface area contributed by atoms with Crippen molar-refractivity contribution in [2.24, 2.45) is 0 Å². The average Bonchev–Trinajstić information content (AvgIpc) is 3.18. The minimum absolute atomic E-state index is 0.683. The monoisotopic (exact) mass is 277 g/mol. The quantitative estimate of drug-likeness (QED) is 0.849. The molecule has 1 aromatic carbocycles. The molecule has 0 atom stereocenters. The Kier molecular flexibility index (Phi) is 3.31. The van der Waals surface area contributed by atoms with Crippen LogP contribution in [0.2, 0.25) is 0 Å². The van der Waals surface area contributed by atoms with E-state index in [4.69, 9.17) is 9.72 Å². The van der Waals surface area contributed by atoms with Crippen molar-refractivity contribution >= 4 is 24.0 Å². The van der Waals surface area contributed by atoms with Crippen LogP contribution >= 0.6 is 24.0 Å². The standard InChI is InChI=1S/C14H15NOS2/c1-16-11-4-2-3-10(7-11)14-15-13(9-5-6-9)12(8-17)18-14/h2-4,7,9,17H,5-6,8H2,1H3. The first-order valence-corrected chi connectivity index (χ1v) is 7.51. The summed E-state index contributed by atoms with van der Waals surface area (Å²) in [5.74, 6) is 2.35.